The molecule has 0 saturated heterocycles. The molecule has 3 aromatic heterocycles. The van der Waals surface area contributed by atoms with Gasteiger partial charge in [-0.05, 0) is 25.8 Å². The molecule has 1 fully saturated rings. The Morgan fingerprint density at radius 1 is 1.19 bits per heavy atom. The van der Waals surface area contributed by atoms with Crippen LogP contribution in [0.1, 0.15) is 30.1 Å². The van der Waals surface area contributed by atoms with Crippen molar-refractivity contribution in [1.29, 1.82) is 0 Å². The zero-order chi connectivity index (χ0) is 14.7. The molecule has 0 atom stereocenters. The molecule has 0 spiro atoms. The number of aryl methyl sites for hydroxylation is 3. The zero-order valence-corrected chi connectivity index (χ0v) is 12.3. The maximum Gasteiger partial charge on any atom is 0.250 e. The van der Waals surface area contributed by atoms with Gasteiger partial charge in [-0.15, -0.1) is 0 Å². The standard InChI is InChI=1S/C15H17N5O/c1-8-6-11(19(2)17-8)10-7-12(21)16-15-13(10)14(9-4-5-9)18-20(15)3/h6-7,9H,4-5H2,1-3H3,(H,16,21). The first-order chi connectivity index (χ1) is 10.0. The second-order valence-electron chi connectivity index (χ2n) is 5.85. The van der Waals surface area contributed by atoms with Crippen LogP contribution in [0.3, 0.4) is 0 Å². The second-order valence-corrected chi connectivity index (χ2v) is 5.85. The molecular weight excluding hydrogens is 266 g/mol. The highest BCUT2D eigenvalue weighted by atomic mass is 16.1. The van der Waals surface area contributed by atoms with Gasteiger partial charge in [0, 0.05) is 31.6 Å². The van der Waals surface area contributed by atoms with Crippen molar-refractivity contribution < 1.29 is 0 Å². The van der Waals surface area contributed by atoms with Crippen LogP contribution in [0.4, 0.5) is 0 Å². The minimum absolute atomic E-state index is 0.110. The van der Waals surface area contributed by atoms with Gasteiger partial charge < -0.3 is 4.98 Å². The van der Waals surface area contributed by atoms with E-state index in [4.69, 9.17) is 0 Å². The molecule has 0 aliphatic heterocycles. The van der Waals surface area contributed by atoms with Gasteiger partial charge in [0.1, 0.15) is 5.65 Å². The fourth-order valence-electron chi connectivity index (χ4n) is 3.02. The molecule has 1 N–H and O–H groups in total. The lowest BCUT2D eigenvalue weighted by molar-refractivity contribution is 0.758. The van der Waals surface area contributed by atoms with Gasteiger partial charge in [0.05, 0.1) is 22.5 Å². The summed E-state index contributed by atoms with van der Waals surface area (Å²) in [5.41, 5.74) is 4.60. The van der Waals surface area contributed by atoms with Gasteiger partial charge in [-0.3, -0.25) is 14.2 Å². The number of hydrogen-bond donors (Lipinski definition) is 1. The van der Waals surface area contributed by atoms with Gasteiger partial charge in [-0.2, -0.15) is 10.2 Å². The highest BCUT2D eigenvalue weighted by Gasteiger charge is 2.30. The lowest BCUT2D eigenvalue weighted by Crippen LogP contribution is -2.08. The number of aromatic nitrogens is 5. The van der Waals surface area contributed by atoms with Gasteiger partial charge in [0.15, 0.2) is 0 Å². The van der Waals surface area contributed by atoms with E-state index in [0.29, 0.717) is 5.92 Å². The molecule has 0 unspecified atom stereocenters. The van der Waals surface area contributed by atoms with Crippen LogP contribution in [0, 0.1) is 6.92 Å². The van der Waals surface area contributed by atoms with Gasteiger partial charge in [-0.25, -0.2) is 0 Å². The lowest BCUT2D eigenvalue weighted by Gasteiger charge is -2.05. The van der Waals surface area contributed by atoms with Crippen LogP contribution in [0.15, 0.2) is 16.9 Å². The lowest BCUT2D eigenvalue weighted by atomic mass is 10.1. The molecule has 0 aromatic carbocycles. The van der Waals surface area contributed by atoms with Gasteiger partial charge in [-0.1, -0.05) is 0 Å². The molecular formula is C15H17N5O. The fourth-order valence-corrected chi connectivity index (χ4v) is 3.02. The predicted octanol–water partition coefficient (Wildman–Crippen LogP) is 1.85. The van der Waals surface area contributed by atoms with Crippen LogP contribution < -0.4 is 5.56 Å². The maximum absolute atomic E-state index is 12.0. The summed E-state index contributed by atoms with van der Waals surface area (Å²) in [7, 11) is 3.78. The van der Waals surface area contributed by atoms with E-state index in [-0.39, 0.29) is 5.56 Å². The number of H-pyrrole nitrogens is 1. The highest BCUT2D eigenvalue weighted by molar-refractivity contribution is 5.94. The fraction of sp³-hybridized carbons (Fsp3) is 0.400. The van der Waals surface area contributed by atoms with Crippen LogP contribution >= 0.6 is 0 Å². The highest BCUT2D eigenvalue weighted by Crippen LogP contribution is 2.44. The number of rotatable bonds is 2. The molecule has 21 heavy (non-hydrogen) atoms. The number of hydrogen-bond acceptors (Lipinski definition) is 3. The average molecular weight is 283 g/mol. The molecule has 0 bridgehead atoms. The first kappa shape index (κ1) is 12.4. The summed E-state index contributed by atoms with van der Waals surface area (Å²) in [4.78, 5) is 14.9. The minimum atomic E-state index is -0.110. The molecule has 6 heteroatoms. The number of nitrogens with one attached hydrogen (secondary N) is 1. The molecule has 3 heterocycles. The topological polar surface area (TPSA) is 68.5 Å². The third kappa shape index (κ3) is 1.82. The first-order valence-corrected chi connectivity index (χ1v) is 7.15. The number of pyridine rings is 1. The van der Waals surface area contributed by atoms with Crippen LogP contribution in [0.2, 0.25) is 0 Å². The summed E-state index contributed by atoms with van der Waals surface area (Å²) < 4.78 is 3.60. The monoisotopic (exact) mass is 283 g/mol. The Morgan fingerprint density at radius 3 is 2.57 bits per heavy atom. The Bertz CT molecular complexity index is 910. The summed E-state index contributed by atoms with van der Waals surface area (Å²) in [5.74, 6) is 0.521. The number of fused-ring (bicyclic) bond motifs is 1. The first-order valence-electron chi connectivity index (χ1n) is 7.15. The SMILES string of the molecule is Cc1cc(-c2cc(=O)[nH]c3c2c(C2CC2)nn3C)n(C)n1. The van der Waals surface area contributed by atoms with Crippen LogP contribution in [-0.4, -0.2) is 24.5 Å². The molecule has 1 aliphatic rings. The Balaban J connectivity index is 2.12. The van der Waals surface area contributed by atoms with Crippen LogP contribution in [0.5, 0.6) is 0 Å². The smallest absolute Gasteiger partial charge is 0.250 e. The summed E-state index contributed by atoms with van der Waals surface area (Å²) in [6.45, 7) is 1.96. The maximum atomic E-state index is 12.0. The van der Waals surface area contributed by atoms with Crippen LogP contribution in [-0.2, 0) is 14.1 Å². The Kier molecular flexibility index (Phi) is 2.40. The Labute approximate surface area is 121 Å². The van der Waals surface area contributed by atoms with E-state index in [1.807, 2.05) is 31.8 Å². The van der Waals surface area contributed by atoms with Crippen molar-refractivity contribution in [2.45, 2.75) is 25.7 Å². The van der Waals surface area contributed by atoms with Crippen molar-refractivity contribution in [2.75, 3.05) is 0 Å². The van der Waals surface area contributed by atoms with E-state index in [2.05, 4.69) is 15.2 Å². The van der Waals surface area contributed by atoms with E-state index < -0.39 is 0 Å². The molecule has 108 valence electrons. The molecule has 6 nitrogen and oxygen atoms in total. The quantitative estimate of drug-likeness (QED) is 0.780. The Morgan fingerprint density at radius 2 is 1.95 bits per heavy atom. The van der Waals surface area contributed by atoms with E-state index in [1.54, 1.807) is 10.7 Å². The summed E-state index contributed by atoms with van der Waals surface area (Å²) in [6.07, 6.45) is 2.35. The zero-order valence-electron chi connectivity index (χ0n) is 12.3. The van der Waals surface area contributed by atoms with Crippen molar-refractivity contribution in [3.63, 3.8) is 0 Å². The molecule has 1 aliphatic carbocycles. The summed E-state index contributed by atoms with van der Waals surface area (Å²) in [6, 6.07) is 3.67. The predicted molar refractivity (Wildman–Crippen MR) is 80.2 cm³/mol. The molecule has 0 amide bonds. The molecule has 0 radical (unpaired) electrons. The second kappa shape index (κ2) is 4.07. The number of aromatic amines is 1. The van der Waals surface area contributed by atoms with Crippen molar-refractivity contribution in [2.24, 2.45) is 14.1 Å². The average Bonchev–Trinajstić information content (AvgIpc) is 3.14. The third-order valence-corrected chi connectivity index (χ3v) is 4.10. The van der Waals surface area contributed by atoms with Gasteiger partial charge in [0.25, 0.3) is 0 Å². The van der Waals surface area contributed by atoms with E-state index >= 15 is 0 Å². The van der Waals surface area contributed by atoms with E-state index in [0.717, 1.165) is 33.7 Å². The van der Waals surface area contributed by atoms with Crippen molar-refractivity contribution >= 4 is 11.0 Å². The summed E-state index contributed by atoms with van der Waals surface area (Å²) >= 11 is 0. The van der Waals surface area contributed by atoms with Gasteiger partial charge >= 0.3 is 0 Å². The number of nitrogens with zero attached hydrogens (tertiary/aromatic N) is 4. The van der Waals surface area contributed by atoms with E-state index in [9.17, 15) is 4.79 Å². The van der Waals surface area contributed by atoms with Crippen LogP contribution in [0.25, 0.3) is 22.3 Å². The van der Waals surface area contributed by atoms with Crippen molar-refractivity contribution in [3.05, 3.63) is 33.9 Å². The normalized spacial score (nSPS) is 15.0. The van der Waals surface area contributed by atoms with Crippen molar-refractivity contribution in [3.8, 4) is 11.3 Å². The minimum Gasteiger partial charge on any atom is -0.307 e. The van der Waals surface area contributed by atoms with Crippen molar-refractivity contribution in [1.82, 2.24) is 24.5 Å². The third-order valence-electron chi connectivity index (χ3n) is 4.10. The summed E-state index contributed by atoms with van der Waals surface area (Å²) in [5, 5.41) is 10.1. The Hall–Kier alpha value is -2.37. The molecule has 1 saturated carbocycles. The molecule has 3 aromatic rings. The van der Waals surface area contributed by atoms with Gasteiger partial charge in [0.2, 0.25) is 5.56 Å². The largest absolute Gasteiger partial charge is 0.307 e. The molecule has 4 rings (SSSR count). The van der Waals surface area contributed by atoms with E-state index in [1.165, 1.54) is 12.8 Å².